The highest BCUT2D eigenvalue weighted by molar-refractivity contribution is 7.99. The van der Waals surface area contributed by atoms with E-state index in [9.17, 15) is 14.4 Å². The highest BCUT2D eigenvalue weighted by Gasteiger charge is 2.23. The van der Waals surface area contributed by atoms with E-state index in [1.54, 1.807) is 0 Å². The Labute approximate surface area is 95.9 Å². The Morgan fingerprint density at radius 1 is 1.81 bits per heavy atom. The highest BCUT2D eigenvalue weighted by Crippen LogP contribution is 2.10. The molecular formula is C8H12N2O5S. The van der Waals surface area contributed by atoms with Gasteiger partial charge in [0.25, 0.3) is 0 Å². The average Bonchev–Trinajstić information content (AvgIpc) is 2.63. The van der Waals surface area contributed by atoms with E-state index in [1.807, 2.05) is 0 Å². The van der Waals surface area contributed by atoms with Gasteiger partial charge >= 0.3 is 12.1 Å². The van der Waals surface area contributed by atoms with Crippen LogP contribution >= 0.6 is 11.8 Å². The van der Waals surface area contributed by atoms with Gasteiger partial charge in [-0.3, -0.25) is 4.79 Å². The maximum absolute atomic E-state index is 10.7. The molecule has 1 aliphatic rings. The number of carbonyl (C=O) groups is 3. The van der Waals surface area contributed by atoms with Crippen molar-refractivity contribution in [1.29, 1.82) is 0 Å². The van der Waals surface area contributed by atoms with E-state index >= 15 is 0 Å². The first-order valence-corrected chi connectivity index (χ1v) is 5.73. The SMILES string of the molecule is O=CNC(CSCC1CNC(=O)O1)C(=O)O. The number of hydrogen-bond donors (Lipinski definition) is 3. The van der Waals surface area contributed by atoms with Crippen LogP contribution in [0.5, 0.6) is 0 Å². The van der Waals surface area contributed by atoms with Crippen LogP contribution in [-0.4, -0.2) is 53.8 Å². The summed E-state index contributed by atoms with van der Waals surface area (Å²) >= 11 is 1.31. The van der Waals surface area contributed by atoms with E-state index in [-0.39, 0.29) is 11.9 Å². The van der Waals surface area contributed by atoms with Crippen molar-refractivity contribution in [2.24, 2.45) is 0 Å². The summed E-state index contributed by atoms with van der Waals surface area (Å²) in [5.41, 5.74) is 0. The third kappa shape index (κ3) is 3.97. The molecule has 1 rings (SSSR count). The van der Waals surface area contributed by atoms with Crippen molar-refractivity contribution in [1.82, 2.24) is 10.6 Å². The molecule has 0 radical (unpaired) electrons. The van der Waals surface area contributed by atoms with Crippen molar-refractivity contribution < 1.29 is 24.2 Å². The molecule has 1 saturated heterocycles. The molecule has 1 fully saturated rings. The summed E-state index contributed by atoms with van der Waals surface area (Å²) in [6, 6.07) is -0.910. The van der Waals surface area contributed by atoms with Crippen molar-refractivity contribution in [2.45, 2.75) is 12.1 Å². The second kappa shape index (κ2) is 6.21. The van der Waals surface area contributed by atoms with Gasteiger partial charge in [0.2, 0.25) is 6.41 Å². The minimum Gasteiger partial charge on any atom is -0.480 e. The third-order valence-electron chi connectivity index (χ3n) is 1.90. The number of ether oxygens (including phenoxy) is 1. The van der Waals surface area contributed by atoms with Gasteiger partial charge in [0.15, 0.2) is 0 Å². The number of thioether (sulfide) groups is 1. The van der Waals surface area contributed by atoms with Crippen LogP contribution in [0, 0.1) is 0 Å². The molecule has 1 heterocycles. The number of cyclic esters (lactones) is 1. The third-order valence-corrected chi connectivity index (χ3v) is 3.08. The molecule has 0 aromatic heterocycles. The number of amides is 2. The zero-order valence-electron chi connectivity index (χ0n) is 8.34. The number of aliphatic carboxylic acids is 1. The van der Waals surface area contributed by atoms with Crippen molar-refractivity contribution in [3.05, 3.63) is 0 Å². The lowest BCUT2D eigenvalue weighted by atomic mass is 10.3. The fourth-order valence-electron chi connectivity index (χ4n) is 1.11. The summed E-state index contributed by atoms with van der Waals surface area (Å²) < 4.78 is 4.86. The predicted octanol–water partition coefficient (Wildman–Crippen LogP) is -0.973. The molecule has 90 valence electrons. The normalized spacial score (nSPS) is 20.8. The van der Waals surface area contributed by atoms with Crippen molar-refractivity contribution in [3.63, 3.8) is 0 Å². The summed E-state index contributed by atoms with van der Waals surface area (Å²) in [4.78, 5) is 31.4. The fraction of sp³-hybridized carbons (Fsp3) is 0.625. The number of hydrogen-bond acceptors (Lipinski definition) is 5. The molecule has 0 bridgehead atoms. The fourth-order valence-corrected chi connectivity index (χ4v) is 2.17. The lowest BCUT2D eigenvalue weighted by Crippen LogP contribution is -2.38. The Hall–Kier alpha value is -1.44. The van der Waals surface area contributed by atoms with Crippen molar-refractivity contribution in [3.8, 4) is 0 Å². The summed E-state index contributed by atoms with van der Waals surface area (Å²) in [7, 11) is 0. The second-order valence-corrected chi connectivity index (χ2v) is 4.20. The van der Waals surface area contributed by atoms with Gasteiger partial charge in [-0.05, 0) is 0 Å². The number of carboxylic acids is 1. The molecule has 2 amide bonds. The molecule has 0 aromatic rings. The van der Waals surface area contributed by atoms with E-state index in [1.165, 1.54) is 11.8 Å². The highest BCUT2D eigenvalue weighted by atomic mass is 32.2. The molecule has 1 aliphatic heterocycles. The first-order chi connectivity index (χ1) is 7.63. The predicted molar refractivity (Wildman–Crippen MR) is 56.2 cm³/mol. The molecule has 8 heteroatoms. The first kappa shape index (κ1) is 12.6. The van der Waals surface area contributed by atoms with E-state index in [2.05, 4.69) is 10.6 Å². The van der Waals surface area contributed by atoms with Crippen LogP contribution in [0.15, 0.2) is 0 Å². The summed E-state index contributed by atoms with van der Waals surface area (Å²) in [6.07, 6.45) is -0.328. The molecule has 3 N–H and O–H groups in total. The topological polar surface area (TPSA) is 105 Å². The van der Waals surface area contributed by atoms with Gasteiger partial charge in [0.05, 0.1) is 6.54 Å². The number of carbonyl (C=O) groups excluding carboxylic acids is 2. The maximum atomic E-state index is 10.7. The summed E-state index contributed by atoms with van der Waals surface area (Å²) in [5, 5.41) is 13.4. The van der Waals surface area contributed by atoms with Gasteiger partial charge in [-0.1, -0.05) is 0 Å². The average molecular weight is 248 g/mol. The quantitative estimate of drug-likeness (QED) is 0.500. The van der Waals surface area contributed by atoms with Crippen LogP contribution in [0.25, 0.3) is 0 Å². The van der Waals surface area contributed by atoms with Crippen molar-refractivity contribution >= 4 is 30.2 Å². The van der Waals surface area contributed by atoms with Gasteiger partial charge in [-0.15, -0.1) is 0 Å². The Morgan fingerprint density at radius 3 is 3.06 bits per heavy atom. The first-order valence-electron chi connectivity index (χ1n) is 4.58. The second-order valence-electron chi connectivity index (χ2n) is 3.12. The number of nitrogens with one attached hydrogen (secondary N) is 2. The Bertz CT molecular complexity index is 286. The van der Waals surface area contributed by atoms with Gasteiger partial charge in [0, 0.05) is 11.5 Å². The standard InChI is InChI=1S/C8H12N2O5S/c11-4-10-6(7(12)13)3-16-2-5-1-9-8(14)15-5/h4-6H,1-3H2,(H,9,14)(H,10,11)(H,12,13). The van der Waals surface area contributed by atoms with Crippen LogP contribution in [0.4, 0.5) is 4.79 Å². The van der Waals surface area contributed by atoms with Gasteiger partial charge in [0.1, 0.15) is 12.1 Å². The largest absolute Gasteiger partial charge is 0.480 e. The Kier molecular flexibility index (Phi) is 4.90. The van der Waals surface area contributed by atoms with Gasteiger partial charge in [-0.25, -0.2) is 9.59 Å². The monoisotopic (exact) mass is 248 g/mol. The Balaban J connectivity index is 2.20. The molecule has 2 unspecified atom stereocenters. The minimum atomic E-state index is -1.08. The number of rotatable bonds is 7. The lowest BCUT2D eigenvalue weighted by Gasteiger charge is -2.12. The van der Waals surface area contributed by atoms with E-state index < -0.39 is 18.1 Å². The van der Waals surface area contributed by atoms with Crippen LogP contribution in [0.1, 0.15) is 0 Å². The van der Waals surface area contributed by atoms with Crippen molar-refractivity contribution in [2.75, 3.05) is 18.1 Å². The zero-order chi connectivity index (χ0) is 12.0. The summed E-state index contributed by atoms with van der Waals surface area (Å²) in [5.74, 6) is -0.341. The summed E-state index contributed by atoms with van der Waals surface area (Å²) in [6.45, 7) is 0.435. The van der Waals surface area contributed by atoms with Gasteiger partial charge < -0.3 is 20.5 Å². The molecule has 0 saturated carbocycles. The Morgan fingerprint density at radius 2 is 2.56 bits per heavy atom. The number of alkyl carbamates (subject to hydrolysis) is 1. The molecule has 0 aromatic carbocycles. The molecule has 0 aliphatic carbocycles. The van der Waals surface area contributed by atoms with Crippen LogP contribution in [0.2, 0.25) is 0 Å². The van der Waals surface area contributed by atoms with E-state index in [4.69, 9.17) is 9.84 Å². The van der Waals surface area contributed by atoms with Crippen LogP contribution < -0.4 is 10.6 Å². The van der Waals surface area contributed by atoms with E-state index in [0.29, 0.717) is 18.7 Å². The zero-order valence-corrected chi connectivity index (χ0v) is 9.16. The lowest BCUT2D eigenvalue weighted by molar-refractivity contribution is -0.139. The minimum absolute atomic E-state index is 0.233. The van der Waals surface area contributed by atoms with E-state index in [0.717, 1.165) is 0 Å². The molecule has 2 atom stereocenters. The number of carboxylic acid groups (broad SMARTS) is 1. The van der Waals surface area contributed by atoms with Crippen LogP contribution in [-0.2, 0) is 14.3 Å². The molecular weight excluding hydrogens is 236 g/mol. The molecule has 16 heavy (non-hydrogen) atoms. The maximum Gasteiger partial charge on any atom is 0.407 e. The van der Waals surface area contributed by atoms with Crippen LogP contribution in [0.3, 0.4) is 0 Å². The van der Waals surface area contributed by atoms with Gasteiger partial charge in [-0.2, -0.15) is 11.8 Å². The molecule has 0 spiro atoms. The molecule has 7 nitrogen and oxygen atoms in total. The smallest absolute Gasteiger partial charge is 0.407 e.